The highest BCUT2D eigenvalue weighted by Crippen LogP contribution is 2.33. The number of hydrogen-bond donors (Lipinski definition) is 0. The molecule has 0 spiro atoms. The smallest absolute Gasteiger partial charge is 0.123 e. The van der Waals surface area contributed by atoms with E-state index in [-0.39, 0.29) is 11.0 Å². The molecule has 0 fully saturated rings. The van der Waals surface area contributed by atoms with Gasteiger partial charge >= 0.3 is 0 Å². The molecule has 0 saturated carbocycles. The van der Waals surface area contributed by atoms with Gasteiger partial charge in [0.15, 0.2) is 0 Å². The molecular weight excluding hydrogens is 220 g/mol. The molecule has 0 aliphatic carbocycles. The Morgan fingerprint density at radius 2 is 1.50 bits per heavy atom. The van der Waals surface area contributed by atoms with E-state index in [4.69, 9.17) is 4.74 Å². The SMILES string of the molecule is CC(C)c1cc(C(C)(C)C)ccc1OC(C)(C)C. The summed E-state index contributed by atoms with van der Waals surface area (Å²) in [5.74, 6) is 1.50. The molecule has 0 saturated heterocycles. The zero-order chi connectivity index (χ0) is 14.1. The van der Waals surface area contributed by atoms with Gasteiger partial charge < -0.3 is 4.74 Å². The van der Waals surface area contributed by atoms with Gasteiger partial charge in [0.25, 0.3) is 0 Å². The Balaban J connectivity index is 3.21. The molecule has 1 nitrogen and oxygen atoms in total. The molecule has 0 radical (unpaired) electrons. The Kier molecular flexibility index (Phi) is 4.15. The van der Waals surface area contributed by atoms with Crippen LogP contribution < -0.4 is 4.74 Å². The fourth-order valence-corrected chi connectivity index (χ4v) is 1.89. The van der Waals surface area contributed by atoms with E-state index in [0.29, 0.717) is 5.92 Å². The summed E-state index contributed by atoms with van der Waals surface area (Å²) in [4.78, 5) is 0. The van der Waals surface area contributed by atoms with Gasteiger partial charge in [-0.25, -0.2) is 0 Å². The number of rotatable bonds is 2. The molecule has 1 aromatic rings. The van der Waals surface area contributed by atoms with Crippen molar-refractivity contribution in [1.82, 2.24) is 0 Å². The fraction of sp³-hybridized carbons (Fsp3) is 0.647. The average molecular weight is 248 g/mol. The van der Waals surface area contributed by atoms with Gasteiger partial charge in [-0.1, -0.05) is 46.8 Å². The first-order valence-electron chi connectivity index (χ1n) is 6.84. The maximum absolute atomic E-state index is 6.06. The molecule has 0 heterocycles. The Morgan fingerprint density at radius 1 is 0.944 bits per heavy atom. The topological polar surface area (TPSA) is 9.23 Å². The van der Waals surface area contributed by atoms with Gasteiger partial charge in [0.1, 0.15) is 11.4 Å². The van der Waals surface area contributed by atoms with E-state index >= 15 is 0 Å². The molecule has 0 unspecified atom stereocenters. The lowest BCUT2D eigenvalue weighted by Crippen LogP contribution is -2.24. The van der Waals surface area contributed by atoms with Crippen LogP contribution in [0.1, 0.15) is 72.4 Å². The minimum atomic E-state index is -0.146. The van der Waals surface area contributed by atoms with Crippen molar-refractivity contribution in [2.24, 2.45) is 0 Å². The standard InChI is InChI=1S/C17H28O/c1-12(2)14-11-13(16(3,4)5)9-10-15(14)18-17(6,7)8/h9-12H,1-8H3. The maximum Gasteiger partial charge on any atom is 0.123 e. The summed E-state index contributed by atoms with van der Waals surface area (Å²) in [6, 6.07) is 6.61. The third-order valence-corrected chi connectivity index (χ3v) is 2.91. The Hall–Kier alpha value is -0.980. The van der Waals surface area contributed by atoms with Gasteiger partial charge in [0.05, 0.1) is 0 Å². The monoisotopic (exact) mass is 248 g/mol. The maximum atomic E-state index is 6.06. The molecule has 0 aliphatic rings. The Labute approximate surface area is 113 Å². The summed E-state index contributed by atoms with van der Waals surface area (Å²) >= 11 is 0. The first-order valence-corrected chi connectivity index (χ1v) is 6.84. The highest BCUT2D eigenvalue weighted by molar-refractivity contribution is 5.41. The molecule has 0 N–H and O–H groups in total. The van der Waals surface area contributed by atoms with E-state index in [0.717, 1.165) is 5.75 Å². The quantitative estimate of drug-likeness (QED) is 0.691. The Bertz CT molecular complexity index is 403. The molecule has 1 heteroatoms. The second-order valence-electron chi connectivity index (χ2n) is 7.37. The van der Waals surface area contributed by atoms with Crippen LogP contribution in [0.5, 0.6) is 5.75 Å². The third kappa shape index (κ3) is 4.04. The summed E-state index contributed by atoms with van der Waals surface area (Å²) in [5, 5.41) is 0. The molecule has 0 aliphatic heterocycles. The molecule has 1 aromatic carbocycles. The van der Waals surface area contributed by atoms with Crippen molar-refractivity contribution in [2.75, 3.05) is 0 Å². The largest absolute Gasteiger partial charge is 0.488 e. The van der Waals surface area contributed by atoms with Crippen LogP contribution in [0.3, 0.4) is 0 Å². The third-order valence-electron chi connectivity index (χ3n) is 2.91. The van der Waals surface area contributed by atoms with E-state index in [1.165, 1.54) is 11.1 Å². The van der Waals surface area contributed by atoms with Crippen molar-refractivity contribution in [3.05, 3.63) is 29.3 Å². The minimum Gasteiger partial charge on any atom is -0.488 e. The second-order valence-corrected chi connectivity index (χ2v) is 7.37. The lowest BCUT2D eigenvalue weighted by molar-refractivity contribution is 0.129. The highest BCUT2D eigenvalue weighted by atomic mass is 16.5. The molecule has 0 amide bonds. The summed E-state index contributed by atoms with van der Waals surface area (Å²) in [6.07, 6.45) is 0. The van der Waals surface area contributed by atoms with Gasteiger partial charge in [-0.05, 0) is 49.3 Å². The van der Waals surface area contributed by atoms with Crippen molar-refractivity contribution in [3.63, 3.8) is 0 Å². The minimum absolute atomic E-state index is 0.146. The predicted molar refractivity (Wildman–Crippen MR) is 79.6 cm³/mol. The van der Waals surface area contributed by atoms with E-state index in [9.17, 15) is 0 Å². The molecule has 102 valence electrons. The van der Waals surface area contributed by atoms with E-state index in [1.54, 1.807) is 0 Å². The molecular formula is C17H28O. The van der Waals surface area contributed by atoms with Crippen LogP contribution in [-0.4, -0.2) is 5.60 Å². The van der Waals surface area contributed by atoms with E-state index in [2.05, 4.69) is 73.6 Å². The van der Waals surface area contributed by atoms with Crippen LogP contribution in [0, 0.1) is 0 Å². The van der Waals surface area contributed by atoms with Gasteiger partial charge in [0.2, 0.25) is 0 Å². The Morgan fingerprint density at radius 3 is 1.89 bits per heavy atom. The summed E-state index contributed by atoms with van der Waals surface area (Å²) < 4.78 is 6.06. The van der Waals surface area contributed by atoms with Gasteiger partial charge in [0, 0.05) is 0 Å². The van der Waals surface area contributed by atoms with Crippen molar-refractivity contribution in [2.45, 2.75) is 72.3 Å². The molecule has 18 heavy (non-hydrogen) atoms. The fourth-order valence-electron chi connectivity index (χ4n) is 1.89. The van der Waals surface area contributed by atoms with Crippen molar-refractivity contribution in [1.29, 1.82) is 0 Å². The van der Waals surface area contributed by atoms with Crippen LogP contribution >= 0.6 is 0 Å². The van der Waals surface area contributed by atoms with Crippen LogP contribution in [0.25, 0.3) is 0 Å². The van der Waals surface area contributed by atoms with Crippen LogP contribution in [0.2, 0.25) is 0 Å². The highest BCUT2D eigenvalue weighted by Gasteiger charge is 2.20. The van der Waals surface area contributed by atoms with Gasteiger partial charge in [-0.3, -0.25) is 0 Å². The molecule has 0 atom stereocenters. The average Bonchev–Trinajstić information content (AvgIpc) is 2.13. The molecule has 0 aromatic heterocycles. The lowest BCUT2D eigenvalue weighted by Gasteiger charge is -2.27. The van der Waals surface area contributed by atoms with E-state index < -0.39 is 0 Å². The summed E-state index contributed by atoms with van der Waals surface area (Å²) in [6.45, 7) is 17.5. The normalized spacial score (nSPS) is 12.9. The predicted octanol–water partition coefficient (Wildman–Crippen LogP) is 5.28. The summed E-state index contributed by atoms with van der Waals surface area (Å²) in [5.41, 5.74) is 2.71. The zero-order valence-electron chi connectivity index (χ0n) is 13.2. The van der Waals surface area contributed by atoms with Crippen molar-refractivity contribution < 1.29 is 4.74 Å². The van der Waals surface area contributed by atoms with E-state index in [1.807, 2.05) is 0 Å². The number of benzene rings is 1. The van der Waals surface area contributed by atoms with Crippen LogP contribution in [0.4, 0.5) is 0 Å². The lowest BCUT2D eigenvalue weighted by atomic mass is 9.84. The van der Waals surface area contributed by atoms with Crippen LogP contribution in [0.15, 0.2) is 18.2 Å². The summed E-state index contributed by atoms with van der Waals surface area (Å²) in [7, 11) is 0. The first kappa shape index (κ1) is 15.1. The first-order chi connectivity index (χ1) is 8.00. The van der Waals surface area contributed by atoms with Gasteiger partial charge in [-0.15, -0.1) is 0 Å². The van der Waals surface area contributed by atoms with Gasteiger partial charge in [-0.2, -0.15) is 0 Å². The van der Waals surface area contributed by atoms with Crippen molar-refractivity contribution in [3.8, 4) is 5.75 Å². The van der Waals surface area contributed by atoms with Crippen molar-refractivity contribution >= 4 is 0 Å². The number of hydrogen-bond acceptors (Lipinski definition) is 1. The molecule has 0 bridgehead atoms. The number of ether oxygens (including phenoxy) is 1. The molecule has 1 rings (SSSR count). The van der Waals surface area contributed by atoms with Crippen LogP contribution in [-0.2, 0) is 5.41 Å². The zero-order valence-corrected chi connectivity index (χ0v) is 13.2. The second kappa shape index (κ2) is 4.95.